The third-order valence-electron chi connectivity index (χ3n) is 2.97. The number of hydrogen-bond acceptors (Lipinski definition) is 2. The second kappa shape index (κ2) is 8.27. The lowest BCUT2D eigenvalue weighted by Gasteiger charge is -2.17. The maximum absolute atomic E-state index is 13.5. The van der Waals surface area contributed by atoms with Gasteiger partial charge in [-0.15, -0.1) is 0 Å². The summed E-state index contributed by atoms with van der Waals surface area (Å²) in [6, 6.07) is 4.87. The molecule has 0 aliphatic carbocycles. The van der Waals surface area contributed by atoms with Crippen molar-refractivity contribution in [2.75, 3.05) is 27.2 Å². The highest BCUT2D eigenvalue weighted by Crippen LogP contribution is 2.16. The summed E-state index contributed by atoms with van der Waals surface area (Å²) in [5.74, 6) is -0.120. The lowest BCUT2D eigenvalue weighted by molar-refractivity contribution is -0.129. The SMILES string of the molecule is CNCCCC(=O)N(C)CCc1cc(Br)ccc1F. The number of carbonyl (C=O) groups is 1. The van der Waals surface area contributed by atoms with E-state index in [4.69, 9.17) is 0 Å². The maximum atomic E-state index is 13.5. The largest absolute Gasteiger partial charge is 0.345 e. The normalized spacial score (nSPS) is 10.5. The molecule has 0 aliphatic heterocycles. The van der Waals surface area contributed by atoms with Crippen LogP contribution < -0.4 is 5.32 Å². The van der Waals surface area contributed by atoms with Gasteiger partial charge in [0.15, 0.2) is 0 Å². The van der Waals surface area contributed by atoms with Crippen LogP contribution in [-0.2, 0) is 11.2 Å². The van der Waals surface area contributed by atoms with Crippen LogP contribution in [0.1, 0.15) is 18.4 Å². The summed E-state index contributed by atoms with van der Waals surface area (Å²) < 4.78 is 14.4. The van der Waals surface area contributed by atoms with E-state index in [9.17, 15) is 9.18 Å². The smallest absolute Gasteiger partial charge is 0.222 e. The summed E-state index contributed by atoms with van der Waals surface area (Å²) in [5.41, 5.74) is 0.629. The van der Waals surface area contributed by atoms with Crippen LogP contribution in [0.25, 0.3) is 0 Å². The van der Waals surface area contributed by atoms with Gasteiger partial charge in [-0.2, -0.15) is 0 Å². The Morgan fingerprint density at radius 1 is 1.47 bits per heavy atom. The zero-order valence-electron chi connectivity index (χ0n) is 11.4. The van der Waals surface area contributed by atoms with Crippen LogP contribution in [0.15, 0.2) is 22.7 Å². The van der Waals surface area contributed by atoms with Crippen molar-refractivity contribution in [1.29, 1.82) is 0 Å². The monoisotopic (exact) mass is 330 g/mol. The fourth-order valence-corrected chi connectivity index (χ4v) is 2.16. The summed E-state index contributed by atoms with van der Waals surface area (Å²) >= 11 is 3.32. The van der Waals surface area contributed by atoms with Gasteiger partial charge in [0, 0.05) is 24.5 Å². The highest BCUT2D eigenvalue weighted by molar-refractivity contribution is 9.10. The number of amides is 1. The minimum absolute atomic E-state index is 0.102. The van der Waals surface area contributed by atoms with Gasteiger partial charge in [-0.05, 0) is 50.2 Å². The fourth-order valence-electron chi connectivity index (χ4n) is 1.76. The maximum Gasteiger partial charge on any atom is 0.222 e. The summed E-state index contributed by atoms with van der Waals surface area (Å²) in [5, 5.41) is 3.01. The standard InChI is InChI=1S/C14H20BrFN2O/c1-17-8-3-4-14(19)18(2)9-7-11-10-12(15)5-6-13(11)16/h5-6,10,17H,3-4,7-9H2,1-2H3. The first kappa shape index (κ1) is 16.1. The molecule has 1 aromatic rings. The molecular formula is C14H20BrFN2O. The van der Waals surface area contributed by atoms with E-state index in [2.05, 4.69) is 21.2 Å². The van der Waals surface area contributed by atoms with Crippen LogP contribution in [0.2, 0.25) is 0 Å². The second-order valence-corrected chi connectivity index (χ2v) is 5.42. The number of carbonyl (C=O) groups excluding carboxylic acids is 1. The molecule has 0 aliphatic rings. The lowest BCUT2D eigenvalue weighted by Crippen LogP contribution is -2.29. The van der Waals surface area contributed by atoms with Crippen molar-refractivity contribution in [2.45, 2.75) is 19.3 Å². The molecular weight excluding hydrogens is 311 g/mol. The summed E-state index contributed by atoms with van der Waals surface area (Å²) in [4.78, 5) is 13.4. The highest BCUT2D eigenvalue weighted by Gasteiger charge is 2.10. The topological polar surface area (TPSA) is 32.3 Å². The average Bonchev–Trinajstić information content (AvgIpc) is 2.39. The molecule has 0 aromatic heterocycles. The molecule has 3 nitrogen and oxygen atoms in total. The molecule has 0 saturated heterocycles. The molecule has 0 saturated carbocycles. The predicted octanol–water partition coefficient (Wildman–Crippen LogP) is 2.59. The Kier molecular flexibility index (Phi) is 7.02. The number of benzene rings is 1. The molecule has 0 bridgehead atoms. The van der Waals surface area contributed by atoms with E-state index in [1.807, 2.05) is 7.05 Å². The van der Waals surface area contributed by atoms with Crippen LogP contribution in [0, 0.1) is 5.82 Å². The quantitative estimate of drug-likeness (QED) is 0.779. The minimum Gasteiger partial charge on any atom is -0.345 e. The Hall–Kier alpha value is -0.940. The molecule has 106 valence electrons. The number of hydrogen-bond donors (Lipinski definition) is 1. The summed E-state index contributed by atoms with van der Waals surface area (Å²) in [6.45, 7) is 1.37. The van der Waals surface area contributed by atoms with Gasteiger partial charge in [0.25, 0.3) is 0 Å². The number of likely N-dealkylation sites (N-methyl/N-ethyl adjacent to an activating group) is 1. The Labute approximate surface area is 122 Å². The minimum atomic E-state index is -0.223. The number of rotatable bonds is 7. The molecule has 0 radical (unpaired) electrons. The van der Waals surface area contributed by atoms with Crippen LogP contribution >= 0.6 is 15.9 Å². The zero-order chi connectivity index (χ0) is 14.3. The number of halogens is 2. The lowest BCUT2D eigenvalue weighted by atomic mass is 10.1. The van der Waals surface area contributed by atoms with Crippen LogP contribution in [0.3, 0.4) is 0 Å². The van der Waals surface area contributed by atoms with E-state index in [0.29, 0.717) is 24.9 Å². The van der Waals surface area contributed by atoms with Crippen LogP contribution in [0.4, 0.5) is 4.39 Å². The summed E-state index contributed by atoms with van der Waals surface area (Å²) in [7, 11) is 3.63. The van der Waals surface area contributed by atoms with Crippen molar-refractivity contribution in [3.05, 3.63) is 34.1 Å². The molecule has 0 heterocycles. The van der Waals surface area contributed by atoms with Crippen LogP contribution in [0.5, 0.6) is 0 Å². The average molecular weight is 331 g/mol. The summed E-state index contributed by atoms with van der Waals surface area (Å²) in [6.07, 6.45) is 1.88. The van der Waals surface area contributed by atoms with Crippen molar-refractivity contribution in [2.24, 2.45) is 0 Å². The third kappa shape index (κ3) is 5.70. The van der Waals surface area contributed by atoms with E-state index < -0.39 is 0 Å². The molecule has 19 heavy (non-hydrogen) atoms. The van der Waals surface area contributed by atoms with E-state index in [1.54, 1.807) is 24.1 Å². The molecule has 5 heteroatoms. The number of nitrogens with one attached hydrogen (secondary N) is 1. The Morgan fingerprint density at radius 2 is 2.21 bits per heavy atom. The van der Waals surface area contributed by atoms with Gasteiger partial charge in [0.1, 0.15) is 5.82 Å². The first-order valence-corrected chi connectivity index (χ1v) is 7.16. The van der Waals surface area contributed by atoms with E-state index in [1.165, 1.54) is 6.07 Å². The van der Waals surface area contributed by atoms with Crippen molar-refractivity contribution in [3.63, 3.8) is 0 Å². The molecule has 0 fully saturated rings. The fraction of sp³-hybridized carbons (Fsp3) is 0.500. The van der Waals surface area contributed by atoms with Gasteiger partial charge in [0.05, 0.1) is 0 Å². The predicted molar refractivity (Wildman–Crippen MR) is 78.6 cm³/mol. The van der Waals surface area contributed by atoms with E-state index in [0.717, 1.165) is 17.4 Å². The van der Waals surface area contributed by atoms with Crippen molar-refractivity contribution in [3.8, 4) is 0 Å². The van der Waals surface area contributed by atoms with Gasteiger partial charge < -0.3 is 10.2 Å². The zero-order valence-corrected chi connectivity index (χ0v) is 13.0. The third-order valence-corrected chi connectivity index (χ3v) is 3.46. The van der Waals surface area contributed by atoms with Gasteiger partial charge in [-0.1, -0.05) is 15.9 Å². The van der Waals surface area contributed by atoms with Crippen molar-refractivity contribution >= 4 is 21.8 Å². The second-order valence-electron chi connectivity index (χ2n) is 4.51. The van der Waals surface area contributed by atoms with Gasteiger partial charge in [-0.3, -0.25) is 4.79 Å². The molecule has 0 spiro atoms. The Bertz CT molecular complexity index is 426. The van der Waals surface area contributed by atoms with Crippen molar-refractivity contribution in [1.82, 2.24) is 10.2 Å². The van der Waals surface area contributed by atoms with Gasteiger partial charge >= 0.3 is 0 Å². The highest BCUT2D eigenvalue weighted by atomic mass is 79.9. The Balaban J connectivity index is 2.42. The molecule has 0 atom stereocenters. The van der Waals surface area contributed by atoms with E-state index in [-0.39, 0.29) is 11.7 Å². The molecule has 1 aromatic carbocycles. The van der Waals surface area contributed by atoms with Crippen LogP contribution in [-0.4, -0.2) is 38.0 Å². The number of nitrogens with zero attached hydrogens (tertiary/aromatic N) is 1. The molecule has 1 amide bonds. The molecule has 0 unspecified atom stereocenters. The van der Waals surface area contributed by atoms with Gasteiger partial charge in [-0.25, -0.2) is 4.39 Å². The van der Waals surface area contributed by atoms with Gasteiger partial charge in [0.2, 0.25) is 5.91 Å². The molecule has 1 rings (SSSR count). The first-order chi connectivity index (χ1) is 9.04. The van der Waals surface area contributed by atoms with Crippen molar-refractivity contribution < 1.29 is 9.18 Å². The molecule has 1 N–H and O–H groups in total. The first-order valence-electron chi connectivity index (χ1n) is 6.37. The Morgan fingerprint density at radius 3 is 2.89 bits per heavy atom. The van der Waals surface area contributed by atoms with E-state index >= 15 is 0 Å².